The van der Waals surface area contributed by atoms with Crippen LogP contribution >= 0.6 is 0 Å². The minimum Gasteiger partial charge on any atom is -0.394 e. The Morgan fingerprint density at radius 3 is 1.11 bits per heavy atom. The number of carbonyl (C=O) groups is 1. The zero-order valence-corrected chi connectivity index (χ0v) is 40.9. The van der Waals surface area contributed by atoms with Crippen molar-refractivity contribution in [3.63, 3.8) is 0 Å². The summed E-state index contributed by atoms with van der Waals surface area (Å²) in [6.45, 7) is 4.05. The van der Waals surface area contributed by atoms with Gasteiger partial charge in [-0.3, -0.25) is 4.79 Å². The van der Waals surface area contributed by atoms with Crippen LogP contribution in [0.1, 0.15) is 258 Å². The number of aliphatic hydroxyl groups is 4. The van der Waals surface area contributed by atoms with Gasteiger partial charge in [0.25, 0.3) is 0 Å². The second kappa shape index (κ2) is 50.0. The molecule has 4 unspecified atom stereocenters. The molecule has 0 aliphatic heterocycles. The van der Waals surface area contributed by atoms with Crippen molar-refractivity contribution in [2.45, 2.75) is 282 Å². The number of aliphatic hydroxyl groups excluding tert-OH is 4. The lowest BCUT2D eigenvalue weighted by molar-refractivity contribution is -0.132. The predicted molar refractivity (Wildman–Crippen MR) is 270 cm³/mol. The molecule has 0 radical (unpaired) electrons. The van der Waals surface area contributed by atoms with Gasteiger partial charge in [-0.25, -0.2) is 0 Å². The van der Waals surface area contributed by atoms with E-state index in [4.69, 9.17) is 0 Å². The number of amides is 1. The molecule has 0 aromatic rings. The molecule has 0 bridgehead atoms. The normalized spacial score (nSPS) is 14.4. The quantitative estimate of drug-likeness (QED) is 0.0309. The molecule has 0 aromatic carbocycles. The van der Waals surface area contributed by atoms with Crippen LogP contribution in [0.25, 0.3) is 0 Å². The highest BCUT2D eigenvalue weighted by atomic mass is 16.3. The summed E-state index contributed by atoms with van der Waals surface area (Å²) >= 11 is 0. The number of rotatable bonds is 48. The van der Waals surface area contributed by atoms with E-state index in [0.717, 1.165) is 70.6 Å². The van der Waals surface area contributed by atoms with Crippen molar-refractivity contribution in [2.24, 2.45) is 0 Å². The van der Waals surface area contributed by atoms with Gasteiger partial charge in [0.2, 0.25) is 5.91 Å². The predicted octanol–water partition coefficient (Wildman–Crippen LogP) is 15.2. The highest BCUT2D eigenvalue weighted by Gasteiger charge is 2.28. The molecule has 362 valence electrons. The number of carbonyl (C=O) groups excluding carboxylic acids is 1. The third-order valence-corrected chi connectivity index (χ3v) is 12.2. The first-order valence-corrected chi connectivity index (χ1v) is 26.7. The number of nitrogens with one attached hydrogen (secondary N) is 1. The molecule has 6 nitrogen and oxygen atoms in total. The molecule has 1 amide bonds. The van der Waals surface area contributed by atoms with Crippen LogP contribution in [0.2, 0.25) is 0 Å². The second-order valence-corrected chi connectivity index (χ2v) is 18.2. The van der Waals surface area contributed by atoms with Gasteiger partial charge in [-0.2, -0.15) is 0 Å². The third-order valence-electron chi connectivity index (χ3n) is 12.2. The first-order chi connectivity index (χ1) is 30.5. The van der Waals surface area contributed by atoms with Crippen LogP contribution in [-0.4, -0.2) is 57.3 Å². The van der Waals surface area contributed by atoms with E-state index in [2.05, 4.69) is 79.9 Å². The fraction of sp³-hybridized carbons (Fsp3) is 0.804. The molecule has 0 aliphatic rings. The van der Waals surface area contributed by atoms with Crippen molar-refractivity contribution >= 4 is 5.91 Å². The molecule has 62 heavy (non-hydrogen) atoms. The Labute approximate surface area is 384 Å². The number of hydrogen-bond acceptors (Lipinski definition) is 5. The van der Waals surface area contributed by atoms with Gasteiger partial charge in [-0.1, -0.05) is 222 Å². The maximum absolute atomic E-state index is 12.6. The number of allylic oxidation sites excluding steroid dienone is 10. The van der Waals surface area contributed by atoms with Crippen molar-refractivity contribution in [3.8, 4) is 0 Å². The largest absolute Gasteiger partial charge is 0.394 e. The fourth-order valence-corrected chi connectivity index (χ4v) is 7.94. The van der Waals surface area contributed by atoms with Gasteiger partial charge >= 0.3 is 0 Å². The Morgan fingerprint density at radius 1 is 0.403 bits per heavy atom. The Bertz CT molecular complexity index is 1070. The minimum atomic E-state index is -1.30. The van der Waals surface area contributed by atoms with E-state index < -0.39 is 36.9 Å². The van der Waals surface area contributed by atoms with Crippen molar-refractivity contribution in [1.29, 1.82) is 0 Å². The van der Waals surface area contributed by atoms with Gasteiger partial charge in [0, 0.05) is 0 Å². The van der Waals surface area contributed by atoms with Gasteiger partial charge in [0.1, 0.15) is 12.2 Å². The summed E-state index contributed by atoms with van der Waals surface area (Å²) in [5.74, 6) is -0.608. The van der Waals surface area contributed by atoms with Crippen molar-refractivity contribution < 1.29 is 25.2 Å². The van der Waals surface area contributed by atoms with Crippen molar-refractivity contribution in [3.05, 3.63) is 60.8 Å². The first kappa shape index (κ1) is 60.0. The lowest BCUT2D eigenvalue weighted by Crippen LogP contribution is -2.53. The molecule has 0 saturated heterocycles. The Morgan fingerprint density at radius 2 is 0.726 bits per heavy atom. The molecule has 0 rings (SSSR count). The first-order valence-electron chi connectivity index (χ1n) is 26.7. The molecular formula is C56H103NO5. The highest BCUT2D eigenvalue weighted by molar-refractivity contribution is 5.80. The molecule has 0 heterocycles. The highest BCUT2D eigenvalue weighted by Crippen LogP contribution is 2.15. The maximum atomic E-state index is 12.6. The van der Waals surface area contributed by atoms with Gasteiger partial charge in [0.05, 0.1) is 18.8 Å². The fourth-order valence-electron chi connectivity index (χ4n) is 7.94. The van der Waals surface area contributed by atoms with E-state index >= 15 is 0 Å². The topological polar surface area (TPSA) is 110 Å². The van der Waals surface area contributed by atoms with E-state index in [0.29, 0.717) is 19.3 Å². The van der Waals surface area contributed by atoms with Crippen LogP contribution in [0.3, 0.4) is 0 Å². The summed E-state index contributed by atoms with van der Waals surface area (Å²) in [5, 5.41) is 43.9. The monoisotopic (exact) mass is 870 g/mol. The molecule has 0 aliphatic carbocycles. The van der Waals surface area contributed by atoms with Gasteiger partial charge in [-0.05, 0) is 96.3 Å². The average Bonchev–Trinajstić information content (AvgIpc) is 3.28. The molecule has 0 saturated carbocycles. The van der Waals surface area contributed by atoms with Crippen molar-refractivity contribution in [1.82, 2.24) is 5.32 Å². The Hall–Kier alpha value is -1.99. The summed E-state index contributed by atoms with van der Waals surface area (Å²) < 4.78 is 0. The van der Waals surface area contributed by atoms with Crippen molar-refractivity contribution in [2.75, 3.05) is 6.61 Å². The Balaban J connectivity index is 3.78. The lowest BCUT2D eigenvalue weighted by atomic mass is 10.00. The van der Waals surface area contributed by atoms with Crippen LogP contribution in [-0.2, 0) is 4.79 Å². The van der Waals surface area contributed by atoms with Gasteiger partial charge in [-0.15, -0.1) is 0 Å². The minimum absolute atomic E-state index is 0.344. The van der Waals surface area contributed by atoms with E-state index in [-0.39, 0.29) is 0 Å². The van der Waals surface area contributed by atoms with Crippen LogP contribution in [0.5, 0.6) is 0 Å². The SMILES string of the molecule is CCCCCCCCCCC/C=C\C/C=C\CCCCCCCCC(O)C(=O)NC(CO)C(O)C(O)CCC/C=C/CC/C=C/CC/C=C/CCCCCCCCCCCCC. The molecular weight excluding hydrogens is 767 g/mol. The zero-order valence-electron chi connectivity index (χ0n) is 40.9. The maximum Gasteiger partial charge on any atom is 0.249 e. The number of hydrogen-bond donors (Lipinski definition) is 5. The smallest absolute Gasteiger partial charge is 0.249 e. The summed E-state index contributed by atoms with van der Waals surface area (Å²) in [6.07, 6.45) is 64.1. The molecule has 6 heteroatoms. The summed E-state index contributed by atoms with van der Waals surface area (Å²) in [7, 11) is 0. The standard InChI is InChI=1S/C56H103NO5/c1-3-5-7-9-11-13-15-17-19-21-23-25-27-28-30-31-33-35-37-39-41-43-45-47-49-53(59)55(61)52(51-58)57-56(62)54(60)50-48-46-44-42-40-38-36-34-32-29-26-24-22-20-18-16-14-12-10-8-6-4-2/h24,26-28,32-35,41,43,52-55,58-61H,3-23,25,29-31,36-40,42,44-51H2,1-2H3,(H,57,62)/b26-24-,28-27+,34-32-,35-33+,43-41+. The van der Waals surface area contributed by atoms with E-state index in [9.17, 15) is 25.2 Å². The molecule has 4 atom stereocenters. The lowest BCUT2D eigenvalue weighted by Gasteiger charge is -2.27. The summed E-state index contributed by atoms with van der Waals surface area (Å²) in [5.41, 5.74) is 0. The molecule has 0 spiro atoms. The van der Waals surface area contributed by atoms with E-state index in [1.165, 1.54) is 154 Å². The molecule has 0 fully saturated rings. The summed E-state index contributed by atoms with van der Waals surface area (Å²) in [6, 6.07) is -1.02. The van der Waals surface area contributed by atoms with Crippen LogP contribution < -0.4 is 5.32 Å². The Kier molecular flexibility index (Phi) is 48.4. The average molecular weight is 870 g/mol. The molecule has 0 aromatic heterocycles. The number of unbranched alkanes of at least 4 members (excludes halogenated alkanes) is 29. The van der Waals surface area contributed by atoms with E-state index in [1.807, 2.05) is 0 Å². The van der Waals surface area contributed by atoms with Gasteiger partial charge in [0.15, 0.2) is 0 Å². The molecule has 5 N–H and O–H groups in total. The summed E-state index contributed by atoms with van der Waals surface area (Å²) in [4.78, 5) is 12.6. The van der Waals surface area contributed by atoms with E-state index in [1.54, 1.807) is 0 Å². The third kappa shape index (κ3) is 43.3. The van der Waals surface area contributed by atoms with Gasteiger partial charge < -0.3 is 25.7 Å². The van der Waals surface area contributed by atoms with Crippen LogP contribution in [0.4, 0.5) is 0 Å². The second-order valence-electron chi connectivity index (χ2n) is 18.2. The zero-order chi connectivity index (χ0) is 45.2. The van der Waals surface area contributed by atoms with Crippen LogP contribution in [0.15, 0.2) is 60.8 Å². The van der Waals surface area contributed by atoms with Crippen LogP contribution in [0, 0.1) is 0 Å².